The summed E-state index contributed by atoms with van der Waals surface area (Å²) < 4.78 is 52.7. The van der Waals surface area contributed by atoms with Gasteiger partial charge in [0.1, 0.15) is 0 Å². The van der Waals surface area contributed by atoms with Crippen LogP contribution in [-0.2, 0) is 17.5 Å². The summed E-state index contributed by atoms with van der Waals surface area (Å²) in [6.45, 7) is 6.18. The normalized spacial score (nSPS) is 33.5. The molecule has 0 aliphatic carbocycles. The van der Waals surface area contributed by atoms with Crippen molar-refractivity contribution in [1.82, 2.24) is 9.80 Å². The number of amides is 1. The number of hydrogen-bond donors (Lipinski definition) is 0. The van der Waals surface area contributed by atoms with E-state index in [0.717, 1.165) is 30.7 Å². The lowest BCUT2D eigenvalue weighted by molar-refractivity contribution is -0.150. The minimum Gasteiger partial charge on any atom is -0.333 e. The molecule has 1 amide bonds. The van der Waals surface area contributed by atoms with E-state index in [0.29, 0.717) is 19.0 Å². The molecule has 3 nitrogen and oxygen atoms in total. The Balaban J connectivity index is 1.50. The Morgan fingerprint density at radius 1 is 1.07 bits per heavy atom. The standard InChI is InChI=1S/C21H26F4N2O/c1-12(2)18-8-15-11-26(9-13-3-5-16(6-4-13)21(23,24)25)10-14-7-17(22)20(28)27(18)19(14)15/h3-6,12,14-15,17-19H,7-11H2,1-2H3/t14-,15?,17?,18-,19?/m1/s1. The molecule has 1 aromatic rings. The highest BCUT2D eigenvalue weighted by Gasteiger charge is 2.55. The second-order valence-corrected chi connectivity index (χ2v) is 8.90. The maximum atomic E-state index is 14.4. The first-order chi connectivity index (χ1) is 13.1. The average molecular weight is 398 g/mol. The van der Waals surface area contributed by atoms with Gasteiger partial charge in [0.15, 0.2) is 6.17 Å². The molecular formula is C21H26F4N2O. The van der Waals surface area contributed by atoms with Gasteiger partial charge in [-0.25, -0.2) is 4.39 Å². The van der Waals surface area contributed by atoms with E-state index >= 15 is 0 Å². The highest BCUT2D eigenvalue weighted by atomic mass is 19.4. The molecule has 0 N–H and O–H groups in total. The van der Waals surface area contributed by atoms with E-state index in [1.165, 1.54) is 12.1 Å². The van der Waals surface area contributed by atoms with Crippen LogP contribution >= 0.6 is 0 Å². The van der Waals surface area contributed by atoms with Crippen LogP contribution in [0.2, 0.25) is 0 Å². The molecule has 4 rings (SSSR count). The summed E-state index contributed by atoms with van der Waals surface area (Å²) in [7, 11) is 0. The van der Waals surface area contributed by atoms with Gasteiger partial charge < -0.3 is 4.90 Å². The quantitative estimate of drug-likeness (QED) is 0.715. The monoisotopic (exact) mass is 398 g/mol. The Hall–Kier alpha value is -1.63. The largest absolute Gasteiger partial charge is 0.416 e. The van der Waals surface area contributed by atoms with Crippen molar-refractivity contribution in [2.24, 2.45) is 17.8 Å². The average Bonchev–Trinajstić information content (AvgIpc) is 3.00. The molecular weight excluding hydrogens is 372 g/mol. The fourth-order valence-corrected chi connectivity index (χ4v) is 5.48. The minimum absolute atomic E-state index is 0.0783. The van der Waals surface area contributed by atoms with Crippen LogP contribution in [0.25, 0.3) is 0 Å². The van der Waals surface area contributed by atoms with Gasteiger partial charge in [-0.1, -0.05) is 26.0 Å². The van der Waals surface area contributed by atoms with Gasteiger partial charge in [-0.15, -0.1) is 0 Å². The Labute approximate surface area is 162 Å². The van der Waals surface area contributed by atoms with Crippen LogP contribution in [0.1, 0.15) is 37.8 Å². The predicted molar refractivity (Wildman–Crippen MR) is 97.1 cm³/mol. The van der Waals surface area contributed by atoms with Gasteiger partial charge in [-0.3, -0.25) is 9.69 Å². The summed E-state index contributed by atoms with van der Waals surface area (Å²) in [4.78, 5) is 16.5. The molecule has 3 aliphatic heterocycles. The Bertz CT molecular complexity index is 733. The van der Waals surface area contributed by atoms with Gasteiger partial charge in [0.25, 0.3) is 5.91 Å². The second-order valence-electron chi connectivity index (χ2n) is 8.90. The van der Waals surface area contributed by atoms with Crippen LogP contribution in [0.4, 0.5) is 17.6 Å². The molecule has 154 valence electrons. The van der Waals surface area contributed by atoms with Crippen LogP contribution in [0, 0.1) is 17.8 Å². The molecule has 3 fully saturated rings. The lowest BCUT2D eigenvalue weighted by atomic mass is 9.79. The third kappa shape index (κ3) is 3.42. The van der Waals surface area contributed by atoms with Gasteiger partial charge in [-0.2, -0.15) is 13.2 Å². The van der Waals surface area contributed by atoms with Crippen molar-refractivity contribution in [2.45, 2.75) is 57.7 Å². The number of piperidine rings is 2. The summed E-state index contributed by atoms with van der Waals surface area (Å²) in [6.07, 6.45) is -4.64. The molecule has 3 aliphatic rings. The smallest absolute Gasteiger partial charge is 0.333 e. The van der Waals surface area contributed by atoms with Crippen molar-refractivity contribution < 1.29 is 22.4 Å². The van der Waals surface area contributed by atoms with Gasteiger partial charge in [0.2, 0.25) is 0 Å². The van der Waals surface area contributed by atoms with Gasteiger partial charge in [-0.05, 0) is 48.3 Å². The molecule has 28 heavy (non-hydrogen) atoms. The van der Waals surface area contributed by atoms with Crippen molar-refractivity contribution in [3.05, 3.63) is 35.4 Å². The van der Waals surface area contributed by atoms with Gasteiger partial charge >= 0.3 is 6.18 Å². The minimum atomic E-state index is -4.33. The molecule has 3 unspecified atom stereocenters. The van der Waals surface area contributed by atoms with E-state index in [4.69, 9.17) is 0 Å². The molecule has 0 radical (unpaired) electrons. The number of carbonyl (C=O) groups excluding carboxylic acids is 1. The topological polar surface area (TPSA) is 23.6 Å². The molecule has 0 saturated carbocycles. The Morgan fingerprint density at radius 3 is 2.25 bits per heavy atom. The van der Waals surface area contributed by atoms with E-state index in [-0.39, 0.29) is 36.2 Å². The van der Waals surface area contributed by atoms with Crippen molar-refractivity contribution in [3.8, 4) is 0 Å². The summed E-state index contributed by atoms with van der Waals surface area (Å²) >= 11 is 0. The Morgan fingerprint density at radius 2 is 1.68 bits per heavy atom. The maximum absolute atomic E-state index is 14.4. The second kappa shape index (κ2) is 7.01. The zero-order valence-electron chi connectivity index (χ0n) is 16.1. The van der Waals surface area contributed by atoms with E-state index in [9.17, 15) is 22.4 Å². The summed E-state index contributed by atoms with van der Waals surface area (Å²) in [5.74, 6) is 0.323. The van der Waals surface area contributed by atoms with Crippen LogP contribution < -0.4 is 0 Å². The SMILES string of the molecule is CC(C)[C@H]1CC2CN(Cc3ccc(C(F)(F)F)cc3)C[C@H]3CC(F)C(=O)N1C23. The van der Waals surface area contributed by atoms with Crippen molar-refractivity contribution in [1.29, 1.82) is 0 Å². The van der Waals surface area contributed by atoms with Crippen LogP contribution in [0.15, 0.2) is 24.3 Å². The zero-order chi connectivity index (χ0) is 20.2. The number of halogens is 4. The third-order valence-corrected chi connectivity index (χ3v) is 6.66. The molecule has 5 atom stereocenters. The van der Waals surface area contributed by atoms with E-state index in [2.05, 4.69) is 18.7 Å². The van der Waals surface area contributed by atoms with Crippen molar-refractivity contribution in [2.75, 3.05) is 13.1 Å². The fourth-order valence-electron chi connectivity index (χ4n) is 5.48. The molecule has 0 bridgehead atoms. The number of likely N-dealkylation sites (tertiary alicyclic amines) is 1. The summed E-state index contributed by atoms with van der Waals surface area (Å²) in [6, 6.07) is 5.46. The molecule has 1 aromatic carbocycles. The molecule has 3 heterocycles. The fraction of sp³-hybridized carbons (Fsp3) is 0.667. The molecule has 0 spiro atoms. The number of benzene rings is 1. The number of hydrogen-bond acceptors (Lipinski definition) is 2. The lowest BCUT2D eigenvalue weighted by Crippen LogP contribution is -2.60. The number of carbonyl (C=O) groups is 1. The highest BCUT2D eigenvalue weighted by molar-refractivity contribution is 5.83. The van der Waals surface area contributed by atoms with Crippen LogP contribution in [-0.4, -0.2) is 47.1 Å². The van der Waals surface area contributed by atoms with Crippen LogP contribution in [0.5, 0.6) is 0 Å². The van der Waals surface area contributed by atoms with Gasteiger partial charge in [0, 0.05) is 31.7 Å². The third-order valence-electron chi connectivity index (χ3n) is 6.66. The summed E-state index contributed by atoms with van der Waals surface area (Å²) in [5.41, 5.74) is 0.178. The first-order valence-electron chi connectivity index (χ1n) is 10.00. The lowest BCUT2D eigenvalue weighted by Gasteiger charge is -2.48. The molecule has 7 heteroatoms. The number of rotatable bonds is 3. The van der Waals surface area contributed by atoms with E-state index < -0.39 is 17.9 Å². The number of alkyl halides is 4. The maximum Gasteiger partial charge on any atom is 0.416 e. The predicted octanol–water partition coefficient (Wildman–Crippen LogP) is 4.12. The van der Waals surface area contributed by atoms with Crippen molar-refractivity contribution in [3.63, 3.8) is 0 Å². The van der Waals surface area contributed by atoms with E-state index in [1.807, 2.05) is 4.90 Å². The van der Waals surface area contributed by atoms with Gasteiger partial charge in [0.05, 0.1) is 5.56 Å². The first-order valence-corrected chi connectivity index (χ1v) is 10.00. The molecule has 3 saturated heterocycles. The van der Waals surface area contributed by atoms with Crippen molar-refractivity contribution >= 4 is 5.91 Å². The molecule has 0 aromatic heterocycles. The summed E-state index contributed by atoms with van der Waals surface area (Å²) in [5, 5.41) is 0. The van der Waals surface area contributed by atoms with E-state index in [1.54, 1.807) is 0 Å². The Kier molecular flexibility index (Phi) is 4.92. The first kappa shape index (κ1) is 19.7. The number of nitrogens with zero attached hydrogens (tertiary/aromatic N) is 2. The van der Waals surface area contributed by atoms with Crippen LogP contribution in [0.3, 0.4) is 0 Å². The highest BCUT2D eigenvalue weighted by Crippen LogP contribution is 2.46. The zero-order valence-corrected chi connectivity index (χ0v) is 16.1.